The molecule has 4 rings (SSSR count). The van der Waals surface area contributed by atoms with Gasteiger partial charge in [0.2, 0.25) is 0 Å². The van der Waals surface area contributed by atoms with Crippen molar-refractivity contribution in [3.8, 4) is 0 Å². The molecule has 3 aliphatic carbocycles. The topological polar surface area (TPSA) is 6.48 Å². The van der Waals surface area contributed by atoms with Crippen LogP contribution < -0.4 is 0 Å². The molecule has 0 aromatic carbocycles. The molecule has 4 aliphatic rings. The molecule has 0 amide bonds. The third-order valence-corrected chi connectivity index (χ3v) is 6.44. The summed E-state index contributed by atoms with van der Waals surface area (Å²) in [5, 5.41) is 0. The maximum atomic E-state index is 2.83. The van der Waals surface area contributed by atoms with Gasteiger partial charge in [-0.15, -0.1) is 0 Å². The Hall–Kier alpha value is -0.760. The first-order chi connectivity index (χ1) is 10.3. The molecular formula is C19H30N2. The average Bonchev–Trinajstić information content (AvgIpc) is 2.90. The molecule has 4 unspecified atom stereocenters. The maximum absolute atomic E-state index is 2.83. The minimum atomic E-state index is 0.729. The predicted octanol–water partition coefficient (Wildman–Crippen LogP) is 3.66. The van der Waals surface area contributed by atoms with Gasteiger partial charge in [-0.05, 0) is 55.9 Å². The molecule has 4 atom stereocenters. The molecule has 2 heteroatoms. The van der Waals surface area contributed by atoms with E-state index in [0.717, 1.165) is 23.8 Å². The van der Waals surface area contributed by atoms with Crippen LogP contribution in [-0.2, 0) is 0 Å². The molecule has 0 radical (unpaired) electrons. The number of fused-ring (bicyclic) bond motifs is 2. The van der Waals surface area contributed by atoms with Gasteiger partial charge in [0, 0.05) is 37.9 Å². The highest BCUT2D eigenvalue weighted by Crippen LogP contribution is 2.44. The van der Waals surface area contributed by atoms with Crippen molar-refractivity contribution in [3.63, 3.8) is 0 Å². The monoisotopic (exact) mass is 286 g/mol. The standard InChI is InChI=1S/C19H30N2/c1-15-2-7-18(8-3-15)20-10-12-21(13-11-20)19-9-5-16-4-6-17(19)14-16/h2,7-8,15-17,19H,3-6,9-14H2,1H3. The van der Waals surface area contributed by atoms with Crippen LogP contribution in [0.5, 0.6) is 0 Å². The van der Waals surface area contributed by atoms with Crippen LogP contribution in [0.2, 0.25) is 0 Å². The summed E-state index contributed by atoms with van der Waals surface area (Å²) in [5.74, 6) is 2.85. The molecule has 21 heavy (non-hydrogen) atoms. The van der Waals surface area contributed by atoms with E-state index in [0.29, 0.717) is 0 Å². The summed E-state index contributed by atoms with van der Waals surface area (Å²) in [6, 6.07) is 0.918. The lowest BCUT2D eigenvalue weighted by Gasteiger charge is -2.44. The van der Waals surface area contributed by atoms with Gasteiger partial charge in [-0.1, -0.05) is 25.5 Å². The number of hydrogen-bond donors (Lipinski definition) is 0. The largest absolute Gasteiger partial charge is 0.369 e. The first kappa shape index (κ1) is 13.9. The lowest BCUT2D eigenvalue weighted by molar-refractivity contribution is 0.0655. The van der Waals surface area contributed by atoms with Crippen LogP contribution in [0.25, 0.3) is 0 Å². The molecule has 0 aromatic rings. The van der Waals surface area contributed by atoms with Crippen LogP contribution in [0.3, 0.4) is 0 Å². The Bertz CT molecular complexity index is 431. The zero-order chi connectivity index (χ0) is 14.2. The molecule has 0 aromatic heterocycles. The lowest BCUT2D eigenvalue weighted by Crippen LogP contribution is -2.52. The first-order valence-corrected chi connectivity index (χ1v) is 9.17. The van der Waals surface area contributed by atoms with E-state index in [1.165, 1.54) is 70.4 Å². The fourth-order valence-corrected chi connectivity index (χ4v) is 5.11. The number of piperazine rings is 1. The van der Waals surface area contributed by atoms with E-state index in [2.05, 4.69) is 35.0 Å². The van der Waals surface area contributed by atoms with Gasteiger partial charge in [-0.25, -0.2) is 0 Å². The number of rotatable bonds is 2. The normalized spacial score (nSPS) is 40.4. The Labute approximate surface area is 129 Å². The summed E-state index contributed by atoms with van der Waals surface area (Å²) < 4.78 is 0. The van der Waals surface area contributed by atoms with Crippen molar-refractivity contribution in [2.75, 3.05) is 26.2 Å². The van der Waals surface area contributed by atoms with Crippen LogP contribution in [0.1, 0.15) is 45.4 Å². The van der Waals surface area contributed by atoms with Crippen molar-refractivity contribution in [2.45, 2.75) is 51.5 Å². The smallest absolute Gasteiger partial charge is 0.0323 e. The van der Waals surface area contributed by atoms with Crippen molar-refractivity contribution in [3.05, 3.63) is 23.9 Å². The number of allylic oxidation sites excluding steroid dienone is 3. The Balaban J connectivity index is 1.33. The molecule has 116 valence electrons. The van der Waals surface area contributed by atoms with Crippen LogP contribution in [0.4, 0.5) is 0 Å². The van der Waals surface area contributed by atoms with Gasteiger partial charge in [0.15, 0.2) is 0 Å². The van der Waals surface area contributed by atoms with E-state index < -0.39 is 0 Å². The second-order valence-corrected chi connectivity index (χ2v) is 7.81. The van der Waals surface area contributed by atoms with Crippen molar-refractivity contribution >= 4 is 0 Å². The molecule has 2 bridgehead atoms. The summed E-state index contributed by atoms with van der Waals surface area (Å²) in [6.07, 6.45) is 16.0. The average molecular weight is 286 g/mol. The van der Waals surface area contributed by atoms with Gasteiger partial charge in [0.1, 0.15) is 0 Å². The Morgan fingerprint density at radius 3 is 2.57 bits per heavy atom. The van der Waals surface area contributed by atoms with Gasteiger partial charge in [0.05, 0.1) is 0 Å². The summed E-state index contributed by atoms with van der Waals surface area (Å²) in [6.45, 7) is 7.34. The molecule has 1 heterocycles. The summed E-state index contributed by atoms with van der Waals surface area (Å²) in [7, 11) is 0. The maximum Gasteiger partial charge on any atom is 0.0323 e. The van der Waals surface area contributed by atoms with Crippen LogP contribution in [0, 0.1) is 17.8 Å². The molecule has 2 saturated carbocycles. The minimum absolute atomic E-state index is 0.729. The second-order valence-electron chi connectivity index (χ2n) is 7.81. The quantitative estimate of drug-likeness (QED) is 0.764. The predicted molar refractivity (Wildman–Crippen MR) is 88.0 cm³/mol. The fourth-order valence-electron chi connectivity index (χ4n) is 5.11. The van der Waals surface area contributed by atoms with Gasteiger partial charge in [0.25, 0.3) is 0 Å². The summed E-state index contributed by atoms with van der Waals surface area (Å²) >= 11 is 0. The van der Waals surface area contributed by atoms with Gasteiger partial charge < -0.3 is 4.90 Å². The van der Waals surface area contributed by atoms with Gasteiger partial charge >= 0.3 is 0 Å². The molecule has 1 aliphatic heterocycles. The van der Waals surface area contributed by atoms with Crippen molar-refractivity contribution in [1.82, 2.24) is 9.80 Å². The summed E-state index contributed by atoms with van der Waals surface area (Å²) in [4.78, 5) is 5.44. The number of hydrogen-bond acceptors (Lipinski definition) is 2. The molecular weight excluding hydrogens is 256 g/mol. The van der Waals surface area contributed by atoms with Crippen molar-refractivity contribution in [2.24, 2.45) is 17.8 Å². The number of nitrogens with zero attached hydrogens (tertiary/aromatic N) is 2. The highest BCUT2D eigenvalue weighted by atomic mass is 15.3. The molecule has 1 saturated heterocycles. The van der Waals surface area contributed by atoms with E-state index in [9.17, 15) is 0 Å². The van der Waals surface area contributed by atoms with Gasteiger partial charge in [-0.3, -0.25) is 4.90 Å². The van der Waals surface area contributed by atoms with E-state index in [1.54, 1.807) is 0 Å². The first-order valence-electron chi connectivity index (χ1n) is 9.17. The van der Waals surface area contributed by atoms with Crippen LogP contribution in [0.15, 0.2) is 23.9 Å². The van der Waals surface area contributed by atoms with E-state index in [-0.39, 0.29) is 0 Å². The second kappa shape index (κ2) is 5.79. The van der Waals surface area contributed by atoms with E-state index >= 15 is 0 Å². The Kier molecular flexibility index (Phi) is 3.83. The Morgan fingerprint density at radius 1 is 1.00 bits per heavy atom. The van der Waals surface area contributed by atoms with Crippen molar-refractivity contribution < 1.29 is 0 Å². The minimum Gasteiger partial charge on any atom is -0.369 e. The lowest BCUT2D eigenvalue weighted by atomic mass is 9.84. The van der Waals surface area contributed by atoms with Crippen LogP contribution >= 0.6 is 0 Å². The zero-order valence-corrected chi connectivity index (χ0v) is 13.5. The van der Waals surface area contributed by atoms with E-state index in [1.807, 2.05) is 0 Å². The third kappa shape index (κ3) is 2.79. The molecule has 2 nitrogen and oxygen atoms in total. The third-order valence-electron chi connectivity index (χ3n) is 6.44. The highest BCUT2D eigenvalue weighted by molar-refractivity contribution is 5.23. The molecule has 0 N–H and O–H groups in total. The Morgan fingerprint density at radius 2 is 1.81 bits per heavy atom. The molecule has 3 fully saturated rings. The molecule has 0 spiro atoms. The SMILES string of the molecule is CC1C=CC(N2CCN(C3CCC4CCC3C4)CC2)=CC1. The van der Waals surface area contributed by atoms with Crippen molar-refractivity contribution in [1.29, 1.82) is 0 Å². The van der Waals surface area contributed by atoms with Crippen LogP contribution in [-0.4, -0.2) is 42.0 Å². The van der Waals surface area contributed by atoms with Gasteiger partial charge in [-0.2, -0.15) is 0 Å². The highest BCUT2D eigenvalue weighted by Gasteiger charge is 2.39. The van der Waals surface area contributed by atoms with E-state index in [4.69, 9.17) is 0 Å². The zero-order valence-electron chi connectivity index (χ0n) is 13.5. The summed E-state index contributed by atoms with van der Waals surface area (Å²) in [5.41, 5.74) is 1.48. The fraction of sp³-hybridized carbons (Fsp3) is 0.789.